The summed E-state index contributed by atoms with van der Waals surface area (Å²) in [5, 5.41) is 8.63. The largest absolute Gasteiger partial charge is 0.193 e. The van der Waals surface area contributed by atoms with Gasteiger partial charge in [0.2, 0.25) is 0 Å². The number of allylic oxidation sites excluding steroid dienone is 4. The Bertz CT molecular complexity index is 426. The van der Waals surface area contributed by atoms with Gasteiger partial charge in [0.05, 0.1) is 6.07 Å². The van der Waals surface area contributed by atoms with Gasteiger partial charge in [0, 0.05) is 6.08 Å². The van der Waals surface area contributed by atoms with Crippen LogP contribution in [-0.4, -0.2) is 0 Å². The summed E-state index contributed by atoms with van der Waals surface area (Å²) in [6.07, 6.45) is 28.5. The molecule has 1 heteroatoms. The average Bonchev–Trinajstić information content (AvgIpc) is 2.66. The van der Waals surface area contributed by atoms with Gasteiger partial charge in [0.1, 0.15) is 0 Å². The predicted molar refractivity (Wildman–Crippen MR) is 108 cm³/mol. The first-order valence-corrected chi connectivity index (χ1v) is 11.1. The van der Waals surface area contributed by atoms with Crippen LogP contribution in [0.4, 0.5) is 0 Å². The van der Waals surface area contributed by atoms with Gasteiger partial charge in [-0.2, -0.15) is 5.26 Å². The van der Waals surface area contributed by atoms with E-state index in [1.807, 2.05) is 0 Å². The zero-order valence-corrected chi connectivity index (χ0v) is 16.5. The van der Waals surface area contributed by atoms with E-state index < -0.39 is 0 Å². The van der Waals surface area contributed by atoms with Crippen LogP contribution in [0, 0.1) is 35.0 Å². The number of nitrogens with zero attached hydrogens (tertiary/aromatic N) is 1. The highest BCUT2D eigenvalue weighted by molar-refractivity contribution is 5.05. The second-order valence-corrected chi connectivity index (χ2v) is 8.53. The monoisotopic (exact) mass is 341 g/mol. The van der Waals surface area contributed by atoms with E-state index in [0.29, 0.717) is 5.92 Å². The van der Waals surface area contributed by atoms with Gasteiger partial charge in [-0.15, -0.1) is 0 Å². The van der Waals surface area contributed by atoms with Gasteiger partial charge < -0.3 is 0 Å². The van der Waals surface area contributed by atoms with Crippen molar-refractivity contribution in [3.63, 3.8) is 0 Å². The summed E-state index contributed by atoms with van der Waals surface area (Å²) in [5.74, 6) is 3.32. The van der Waals surface area contributed by atoms with Gasteiger partial charge >= 0.3 is 0 Å². The molecule has 0 radical (unpaired) electrons. The second-order valence-electron chi connectivity index (χ2n) is 8.53. The van der Waals surface area contributed by atoms with E-state index in [9.17, 15) is 0 Å². The van der Waals surface area contributed by atoms with Gasteiger partial charge in [0.25, 0.3) is 0 Å². The number of hydrogen-bond acceptors (Lipinski definition) is 1. The molecule has 0 unspecified atom stereocenters. The van der Waals surface area contributed by atoms with Crippen molar-refractivity contribution in [2.45, 2.75) is 96.8 Å². The number of rotatable bonds is 9. The zero-order valence-electron chi connectivity index (χ0n) is 16.5. The Morgan fingerprint density at radius 1 is 0.720 bits per heavy atom. The molecular formula is C24H39N. The van der Waals surface area contributed by atoms with Crippen LogP contribution in [-0.2, 0) is 0 Å². The van der Waals surface area contributed by atoms with Crippen molar-refractivity contribution in [3.05, 3.63) is 24.3 Å². The van der Waals surface area contributed by atoms with Crippen molar-refractivity contribution in [2.75, 3.05) is 0 Å². The third-order valence-electron chi connectivity index (χ3n) is 6.52. The van der Waals surface area contributed by atoms with Gasteiger partial charge in [0.15, 0.2) is 0 Å². The molecule has 0 aliphatic heterocycles. The summed E-state index contributed by atoms with van der Waals surface area (Å²) in [6, 6.07) is 2.12. The van der Waals surface area contributed by atoms with Crippen LogP contribution in [0.2, 0.25) is 0 Å². The van der Waals surface area contributed by atoms with Crippen LogP contribution in [0.5, 0.6) is 0 Å². The molecule has 25 heavy (non-hydrogen) atoms. The smallest absolute Gasteiger partial charge is 0.0908 e. The maximum absolute atomic E-state index is 8.63. The molecule has 2 aliphatic rings. The lowest BCUT2D eigenvalue weighted by Gasteiger charge is -2.28. The van der Waals surface area contributed by atoms with Gasteiger partial charge in [-0.1, -0.05) is 63.7 Å². The minimum absolute atomic E-state index is 0.650. The molecule has 0 N–H and O–H groups in total. The third kappa shape index (κ3) is 8.26. The molecule has 1 nitrogen and oxygen atoms in total. The van der Waals surface area contributed by atoms with Gasteiger partial charge in [-0.3, -0.25) is 0 Å². The quantitative estimate of drug-likeness (QED) is 0.241. The molecule has 0 saturated heterocycles. The van der Waals surface area contributed by atoms with Crippen LogP contribution in [0.25, 0.3) is 0 Å². The molecule has 0 atom stereocenters. The van der Waals surface area contributed by atoms with E-state index in [2.05, 4.69) is 31.2 Å². The first-order chi connectivity index (χ1) is 12.3. The second kappa shape index (κ2) is 12.3. The van der Waals surface area contributed by atoms with Gasteiger partial charge in [-0.05, 0) is 75.0 Å². The lowest BCUT2D eigenvalue weighted by molar-refractivity contribution is 0.287. The third-order valence-corrected chi connectivity index (χ3v) is 6.52. The lowest BCUT2D eigenvalue weighted by atomic mass is 9.78. The van der Waals surface area contributed by atoms with E-state index >= 15 is 0 Å². The van der Waals surface area contributed by atoms with Crippen molar-refractivity contribution in [1.82, 2.24) is 0 Å². The highest BCUT2D eigenvalue weighted by Gasteiger charge is 2.21. The lowest BCUT2D eigenvalue weighted by Crippen LogP contribution is -2.14. The molecule has 140 valence electrons. The summed E-state index contributed by atoms with van der Waals surface area (Å²) in [6.45, 7) is 2.30. The SMILES string of the molecule is CCCCCCC[C@H]1CC[C@H](C=C[C@H]2CC[C@H](C=CC#N)CC2)CC1. The predicted octanol–water partition coefficient (Wildman–Crippen LogP) is 7.60. The maximum atomic E-state index is 8.63. The highest BCUT2D eigenvalue weighted by Crippen LogP contribution is 2.35. The topological polar surface area (TPSA) is 23.8 Å². The van der Waals surface area contributed by atoms with Crippen molar-refractivity contribution in [2.24, 2.45) is 23.7 Å². The van der Waals surface area contributed by atoms with Crippen LogP contribution in [0.3, 0.4) is 0 Å². The molecule has 0 aromatic rings. The van der Waals surface area contributed by atoms with Crippen molar-refractivity contribution < 1.29 is 0 Å². The molecule has 2 saturated carbocycles. The molecule has 2 rings (SSSR count). The zero-order chi connectivity index (χ0) is 17.7. The molecule has 0 aromatic heterocycles. The maximum Gasteiger partial charge on any atom is 0.0908 e. The molecule has 2 fully saturated rings. The molecular weight excluding hydrogens is 302 g/mol. The molecule has 0 amide bonds. The van der Waals surface area contributed by atoms with Crippen molar-refractivity contribution >= 4 is 0 Å². The normalized spacial score (nSPS) is 30.7. The van der Waals surface area contributed by atoms with E-state index in [-0.39, 0.29) is 0 Å². The number of nitriles is 1. The van der Waals surface area contributed by atoms with E-state index in [4.69, 9.17) is 5.26 Å². The molecule has 0 heterocycles. The summed E-state index contributed by atoms with van der Waals surface area (Å²) >= 11 is 0. The Balaban J connectivity index is 1.57. The van der Waals surface area contributed by atoms with Crippen LogP contribution in [0.15, 0.2) is 24.3 Å². The fourth-order valence-corrected chi connectivity index (χ4v) is 4.73. The Labute approximate surface area is 156 Å². The average molecular weight is 342 g/mol. The summed E-state index contributed by atoms with van der Waals surface area (Å²) in [5.41, 5.74) is 0. The van der Waals surface area contributed by atoms with E-state index in [1.165, 1.54) is 89.9 Å². The highest BCUT2D eigenvalue weighted by atomic mass is 14.3. The summed E-state index contributed by atoms with van der Waals surface area (Å²) in [7, 11) is 0. The Hall–Kier alpha value is -1.03. The van der Waals surface area contributed by atoms with E-state index in [1.54, 1.807) is 6.08 Å². The van der Waals surface area contributed by atoms with Crippen LogP contribution >= 0.6 is 0 Å². The number of unbranched alkanes of at least 4 members (excludes halogenated alkanes) is 4. The van der Waals surface area contributed by atoms with Crippen molar-refractivity contribution in [1.29, 1.82) is 5.26 Å². The Kier molecular flexibility index (Phi) is 10.0. The Morgan fingerprint density at radius 3 is 1.80 bits per heavy atom. The van der Waals surface area contributed by atoms with Gasteiger partial charge in [-0.25, -0.2) is 0 Å². The molecule has 2 aliphatic carbocycles. The number of hydrogen-bond donors (Lipinski definition) is 0. The fraction of sp³-hybridized carbons (Fsp3) is 0.792. The minimum atomic E-state index is 0.650. The summed E-state index contributed by atoms with van der Waals surface area (Å²) in [4.78, 5) is 0. The minimum Gasteiger partial charge on any atom is -0.193 e. The van der Waals surface area contributed by atoms with Crippen LogP contribution in [0.1, 0.15) is 96.8 Å². The fourth-order valence-electron chi connectivity index (χ4n) is 4.73. The molecule has 0 spiro atoms. The summed E-state index contributed by atoms with van der Waals surface area (Å²) < 4.78 is 0. The first-order valence-electron chi connectivity index (χ1n) is 11.1. The van der Waals surface area contributed by atoms with Crippen LogP contribution < -0.4 is 0 Å². The van der Waals surface area contributed by atoms with Crippen molar-refractivity contribution in [3.8, 4) is 6.07 Å². The van der Waals surface area contributed by atoms with E-state index in [0.717, 1.165) is 17.8 Å². The molecule has 0 aromatic carbocycles. The molecule has 0 bridgehead atoms. The Morgan fingerprint density at radius 2 is 1.24 bits per heavy atom. The standard InChI is InChI=1S/C24H39N/c1-2-3-4-5-6-8-21-10-14-23(15-11-21)18-19-24-16-12-22(13-17-24)9-7-20-25/h7,9,18-19,21-24H,2-6,8,10-17H2,1H3/t21-,22-,23-,24-. The first kappa shape index (κ1) is 20.3.